The Labute approximate surface area is 222 Å². The first-order valence-corrected chi connectivity index (χ1v) is 13.1. The van der Waals surface area contributed by atoms with Crippen LogP contribution in [0.2, 0.25) is 0 Å². The Hall–Kier alpha value is -3.03. The zero-order chi connectivity index (χ0) is 25.5. The van der Waals surface area contributed by atoms with Gasteiger partial charge in [0.05, 0.1) is 17.3 Å². The van der Waals surface area contributed by atoms with Crippen molar-refractivity contribution < 1.29 is 9.53 Å². The van der Waals surface area contributed by atoms with Crippen LogP contribution in [0.15, 0.2) is 65.8 Å². The van der Waals surface area contributed by atoms with Crippen molar-refractivity contribution in [2.24, 2.45) is 0 Å². The number of hydrogen-bond donors (Lipinski definition) is 0. The van der Waals surface area contributed by atoms with Crippen molar-refractivity contribution in [2.75, 3.05) is 45.2 Å². The fourth-order valence-electron chi connectivity index (χ4n) is 4.38. The average molecular weight is 550 g/mol. The molecule has 0 N–H and O–H groups in total. The molecule has 0 radical (unpaired) electrons. The number of ketones is 1. The number of benzene rings is 2. The van der Waals surface area contributed by atoms with Gasteiger partial charge in [-0.25, -0.2) is 9.97 Å². The van der Waals surface area contributed by atoms with Gasteiger partial charge in [0.15, 0.2) is 5.78 Å². The zero-order valence-corrected chi connectivity index (χ0v) is 22.6. The molecule has 4 rings (SSSR count). The SMILES string of the molecule is C=CC(=O)Cc1ccc(CCc2nc(Cc3ccc(N4CCN(C)CC4)cc3OC)ncc2Br)cc1. The van der Waals surface area contributed by atoms with Gasteiger partial charge in [-0.2, -0.15) is 0 Å². The van der Waals surface area contributed by atoms with Gasteiger partial charge in [0.2, 0.25) is 0 Å². The Morgan fingerprint density at radius 2 is 1.81 bits per heavy atom. The highest BCUT2D eigenvalue weighted by Gasteiger charge is 2.17. The molecule has 2 aromatic carbocycles. The monoisotopic (exact) mass is 548 g/mol. The number of likely N-dealkylation sites (N-methyl/N-ethyl adjacent to an activating group) is 1. The molecule has 7 heteroatoms. The van der Waals surface area contributed by atoms with Crippen molar-refractivity contribution in [3.63, 3.8) is 0 Å². The fraction of sp³-hybridized carbons (Fsp3) is 0.345. The Balaban J connectivity index is 1.42. The molecular formula is C29H33BrN4O2. The highest BCUT2D eigenvalue weighted by Crippen LogP contribution is 2.28. The zero-order valence-electron chi connectivity index (χ0n) is 21.0. The molecule has 36 heavy (non-hydrogen) atoms. The summed E-state index contributed by atoms with van der Waals surface area (Å²) in [5, 5.41) is 0. The van der Waals surface area contributed by atoms with E-state index in [1.807, 2.05) is 18.3 Å². The van der Waals surface area contributed by atoms with Crippen molar-refractivity contribution in [3.05, 3.63) is 94.0 Å². The number of rotatable bonds is 10. The number of nitrogens with zero attached hydrogens (tertiary/aromatic N) is 4. The Morgan fingerprint density at radius 1 is 1.08 bits per heavy atom. The van der Waals surface area contributed by atoms with Crippen molar-refractivity contribution in [2.45, 2.75) is 25.7 Å². The summed E-state index contributed by atoms with van der Waals surface area (Å²) >= 11 is 3.62. The molecule has 0 bridgehead atoms. The molecule has 188 valence electrons. The molecule has 0 unspecified atom stereocenters. The van der Waals surface area contributed by atoms with E-state index in [4.69, 9.17) is 9.72 Å². The Morgan fingerprint density at radius 3 is 2.50 bits per heavy atom. The number of piperazine rings is 1. The van der Waals surface area contributed by atoms with E-state index in [1.54, 1.807) is 7.11 Å². The fourth-order valence-corrected chi connectivity index (χ4v) is 4.76. The first-order valence-electron chi connectivity index (χ1n) is 12.3. The van der Waals surface area contributed by atoms with E-state index < -0.39 is 0 Å². The van der Waals surface area contributed by atoms with Gasteiger partial charge in [0, 0.05) is 62.5 Å². The first kappa shape index (κ1) is 26.0. The number of methoxy groups -OCH3 is 1. The van der Waals surface area contributed by atoms with E-state index in [2.05, 4.69) is 74.7 Å². The Kier molecular flexibility index (Phi) is 8.88. The van der Waals surface area contributed by atoms with Gasteiger partial charge in [-0.05, 0) is 59.1 Å². The minimum Gasteiger partial charge on any atom is -0.496 e. The van der Waals surface area contributed by atoms with Crippen molar-refractivity contribution >= 4 is 27.4 Å². The van der Waals surface area contributed by atoms with Gasteiger partial charge < -0.3 is 14.5 Å². The standard InChI is InChI=1S/C29H33BrN4O2/c1-4-25(35)17-22-7-5-21(6-8-22)9-12-27-26(30)20-31-29(32-27)18-23-10-11-24(19-28(23)36-3)34-15-13-33(2)14-16-34/h4-8,10-11,19-20H,1,9,12-18H2,2-3H3. The highest BCUT2D eigenvalue weighted by molar-refractivity contribution is 9.10. The van der Waals surface area contributed by atoms with Crippen LogP contribution >= 0.6 is 15.9 Å². The highest BCUT2D eigenvalue weighted by atomic mass is 79.9. The van der Waals surface area contributed by atoms with E-state index >= 15 is 0 Å². The molecule has 1 fully saturated rings. The van der Waals surface area contributed by atoms with E-state index in [0.29, 0.717) is 12.8 Å². The third kappa shape index (κ3) is 6.80. The van der Waals surface area contributed by atoms with Crippen LogP contribution in [0, 0.1) is 0 Å². The molecule has 0 aliphatic carbocycles. The molecule has 0 atom stereocenters. The van der Waals surface area contributed by atoms with E-state index in [0.717, 1.165) is 71.9 Å². The van der Waals surface area contributed by atoms with Crippen LogP contribution in [0.4, 0.5) is 5.69 Å². The third-order valence-electron chi connectivity index (χ3n) is 6.63. The maximum absolute atomic E-state index is 11.6. The maximum atomic E-state index is 11.6. The molecule has 1 aliphatic rings. The van der Waals surface area contributed by atoms with Crippen LogP contribution in [-0.2, 0) is 30.5 Å². The quantitative estimate of drug-likeness (QED) is 0.343. The summed E-state index contributed by atoms with van der Waals surface area (Å²) in [6, 6.07) is 14.6. The number of aromatic nitrogens is 2. The summed E-state index contributed by atoms with van der Waals surface area (Å²) in [5.74, 6) is 1.68. The predicted molar refractivity (Wildman–Crippen MR) is 148 cm³/mol. The number of carbonyl (C=O) groups is 1. The Bertz CT molecular complexity index is 1200. The lowest BCUT2D eigenvalue weighted by Crippen LogP contribution is -2.44. The molecule has 1 aliphatic heterocycles. The summed E-state index contributed by atoms with van der Waals surface area (Å²) in [7, 11) is 3.89. The lowest BCUT2D eigenvalue weighted by molar-refractivity contribution is -0.114. The topological polar surface area (TPSA) is 58.6 Å². The van der Waals surface area contributed by atoms with E-state index in [-0.39, 0.29) is 5.78 Å². The lowest BCUT2D eigenvalue weighted by atomic mass is 10.0. The van der Waals surface area contributed by atoms with Gasteiger partial charge in [-0.15, -0.1) is 0 Å². The number of ether oxygens (including phenoxy) is 1. The maximum Gasteiger partial charge on any atom is 0.159 e. The molecule has 2 heterocycles. The normalized spacial score (nSPS) is 14.0. The second kappa shape index (κ2) is 12.3. The molecule has 0 amide bonds. The van der Waals surface area contributed by atoms with Crippen LogP contribution in [0.3, 0.4) is 0 Å². The molecule has 6 nitrogen and oxygen atoms in total. The van der Waals surface area contributed by atoms with Crippen LogP contribution in [-0.4, -0.2) is 61.0 Å². The van der Waals surface area contributed by atoms with Crippen LogP contribution in [0.1, 0.15) is 28.2 Å². The number of aryl methyl sites for hydroxylation is 2. The first-order chi connectivity index (χ1) is 17.4. The second-order valence-electron chi connectivity index (χ2n) is 9.21. The second-order valence-corrected chi connectivity index (χ2v) is 10.1. The van der Waals surface area contributed by atoms with Gasteiger partial charge >= 0.3 is 0 Å². The summed E-state index contributed by atoms with van der Waals surface area (Å²) in [6.45, 7) is 7.72. The molecule has 1 aromatic heterocycles. The average Bonchev–Trinajstić information content (AvgIpc) is 2.90. The summed E-state index contributed by atoms with van der Waals surface area (Å²) in [4.78, 5) is 25.8. The van der Waals surface area contributed by atoms with Gasteiger partial charge in [0.25, 0.3) is 0 Å². The summed E-state index contributed by atoms with van der Waals surface area (Å²) < 4.78 is 6.66. The van der Waals surface area contributed by atoms with Crippen LogP contribution in [0.5, 0.6) is 5.75 Å². The van der Waals surface area contributed by atoms with Gasteiger partial charge in [-0.3, -0.25) is 4.79 Å². The third-order valence-corrected chi connectivity index (χ3v) is 7.30. The largest absolute Gasteiger partial charge is 0.496 e. The minimum absolute atomic E-state index is 0.0331. The molecular weight excluding hydrogens is 516 g/mol. The van der Waals surface area contributed by atoms with Crippen LogP contribution in [0.25, 0.3) is 0 Å². The lowest BCUT2D eigenvalue weighted by Gasteiger charge is -2.34. The molecule has 0 saturated carbocycles. The van der Waals surface area contributed by atoms with E-state index in [1.165, 1.54) is 17.3 Å². The van der Waals surface area contributed by atoms with Gasteiger partial charge in [-0.1, -0.05) is 36.9 Å². The molecule has 0 spiro atoms. The molecule has 3 aromatic rings. The van der Waals surface area contributed by atoms with E-state index in [9.17, 15) is 4.79 Å². The summed E-state index contributed by atoms with van der Waals surface area (Å²) in [6.07, 6.45) is 5.86. The van der Waals surface area contributed by atoms with Crippen molar-refractivity contribution in [3.8, 4) is 5.75 Å². The van der Waals surface area contributed by atoms with Gasteiger partial charge in [0.1, 0.15) is 11.6 Å². The minimum atomic E-state index is 0.0331. The van der Waals surface area contributed by atoms with Crippen molar-refractivity contribution in [1.82, 2.24) is 14.9 Å². The summed E-state index contributed by atoms with van der Waals surface area (Å²) in [5.41, 5.74) is 5.47. The smallest absolute Gasteiger partial charge is 0.159 e. The number of halogens is 1. The number of carbonyl (C=O) groups excluding carboxylic acids is 1. The van der Waals surface area contributed by atoms with Crippen molar-refractivity contribution in [1.29, 1.82) is 0 Å². The number of hydrogen-bond acceptors (Lipinski definition) is 6. The van der Waals surface area contributed by atoms with Crippen LogP contribution < -0.4 is 9.64 Å². The number of allylic oxidation sites excluding steroid dienone is 1. The molecule has 1 saturated heterocycles. The number of anilines is 1. The predicted octanol–water partition coefficient (Wildman–Crippen LogP) is 4.67.